The van der Waals surface area contributed by atoms with Crippen molar-refractivity contribution in [2.24, 2.45) is 0 Å². The fourth-order valence-electron chi connectivity index (χ4n) is 3.63. The number of carbonyl (C=O) groups is 1. The smallest absolute Gasteiger partial charge is 0.244 e. The van der Waals surface area contributed by atoms with Crippen LogP contribution >= 0.6 is 12.2 Å². The standard InChI is InChI=1S/C24H18F2N6OS/c1-13-2-4-14(5-3-13)23-30-31-24(34)32(23)12-21(33)27-16-7-9-19-20(11-16)29-22(28-19)17-10-15(25)6-8-18(17)26/h2-11H,12H2,1H3,(H,27,33)(H,28,29)(H,31,34). The number of aromatic nitrogens is 5. The van der Waals surface area contributed by atoms with Crippen LogP contribution in [0.25, 0.3) is 33.8 Å². The van der Waals surface area contributed by atoms with E-state index >= 15 is 0 Å². The average molecular weight is 477 g/mol. The van der Waals surface area contributed by atoms with E-state index in [-0.39, 0.29) is 23.8 Å². The van der Waals surface area contributed by atoms with Crippen molar-refractivity contribution in [2.45, 2.75) is 13.5 Å². The molecule has 0 unspecified atom stereocenters. The van der Waals surface area contributed by atoms with Gasteiger partial charge in [-0.15, -0.1) is 0 Å². The summed E-state index contributed by atoms with van der Waals surface area (Å²) in [5, 5.41) is 9.82. The number of hydrogen-bond donors (Lipinski definition) is 3. The fraction of sp³-hybridized carbons (Fsp3) is 0.0833. The van der Waals surface area contributed by atoms with Crippen LogP contribution in [0, 0.1) is 23.3 Å². The Bertz CT molecular complexity index is 1590. The molecule has 0 saturated carbocycles. The van der Waals surface area contributed by atoms with E-state index in [9.17, 15) is 13.6 Å². The highest BCUT2D eigenvalue weighted by Crippen LogP contribution is 2.26. The molecule has 10 heteroatoms. The predicted octanol–water partition coefficient (Wildman–Crippen LogP) is 5.38. The number of imidazole rings is 1. The summed E-state index contributed by atoms with van der Waals surface area (Å²) < 4.78 is 29.6. The Morgan fingerprint density at radius 2 is 1.88 bits per heavy atom. The second kappa shape index (κ2) is 8.64. The first-order valence-electron chi connectivity index (χ1n) is 10.3. The number of aryl methyl sites for hydroxylation is 1. The lowest BCUT2D eigenvalue weighted by atomic mass is 10.1. The number of nitrogens with one attached hydrogen (secondary N) is 3. The molecule has 34 heavy (non-hydrogen) atoms. The van der Waals surface area contributed by atoms with Crippen LogP contribution in [0.3, 0.4) is 0 Å². The first-order chi connectivity index (χ1) is 16.4. The molecule has 3 N–H and O–H groups in total. The Hall–Kier alpha value is -4.18. The lowest BCUT2D eigenvalue weighted by Gasteiger charge is -2.08. The monoisotopic (exact) mass is 476 g/mol. The van der Waals surface area contributed by atoms with Crippen LogP contribution in [-0.2, 0) is 11.3 Å². The van der Waals surface area contributed by atoms with Crippen molar-refractivity contribution in [1.82, 2.24) is 24.7 Å². The summed E-state index contributed by atoms with van der Waals surface area (Å²) >= 11 is 5.31. The van der Waals surface area contributed by atoms with Gasteiger partial charge in [0.2, 0.25) is 5.91 Å². The van der Waals surface area contributed by atoms with Crippen LogP contribution in [0.1, 0.15) is 5.56 Å². The van der Waals surface area contributed by atoms with E-state index < -0.39 is 11.6 Å². The van der Waals surface area contributed by atoms with Crippen LogP contribution < -0.4 is 5.32 Å². The maximum absolute atomic E-state index is 14.1. The molecule has 0 aliphatic heterocycles. The molecule has 0 aliphatic rings. The zero-order valence-electron chi connectivity index (χ0n) is 17.9. The van der Waals surface area contributed by atoms with Crippen LogP contribution in [0.2, 0.25) is 0 Å². The topological polar surface area (TPSA) is 91.4 Å². The molecule has 2 aromatic heterocycles. The third kappa shape index (κ3) is 4.23. The van der Waals surface area contributed by atoms with Crippen molar-refractivity contribution < 1.29 is 13.6 Å². The van der Waals surface area contributed by atoms with Gasteiger partial charge in [0.15, 0.2) is 10.6 Å². The second-order valence-corrected chi connectivity index (χ2v) is 8.18. The van der Waals surface area contributed by atoms with Crippen LogP contribution in [0.4, 0.5) is 14.5 Å². The van der Waals surface area contributed by atoms with Crippen LogP contribution in [0.5, 0.6) is 0 Å². The van der Waals surface area contributed by atoms with E-state index in [2.05, 4.69) is 25.5 Å². The average Bonchev–Trinajstić information content (AvgIpc) is 3.39. The van der Waals surface area contributed by atoms with Gasteiger partial charge in [-0.2, -0.15) is 5.10 Å². The van der Waals surface area contributed by atoms with Gasteiger partial charge in [-0.25, -0.2) is 13.8 Å². The quantitative estimate of drug-likeness (QED) is 0.297. The van der Waals surface area contributed by atoms with Crippen molar-refractivity contribution in [3.05, 3.63) is 82.6 Å². The molecule has 0 spiro atoms. The van der Waals surface area contributed by atoms with Gasteiger partial charge in [-0.1, -0.05) is 29.8 Å². The molecule has 3 aromatic carbocycles. The van der Waals surface area contributed by atoms with Gasteiger partial charge in [0.05, 0.1) is 16.6 Å². The lowest BCUT2D eigenvalue weighted by Crippen LogP contribution is -2.19. The number of benzene rings is 3. The molecule has 0 bridgehead atoms. The highest BCUT2D eigenvalue weighted by atomic mass is 32.1. The Labute approximate surface area is 197 Å². The fourth-order valence-corrected chi connectivity index (χ4v) is 3.82. The number of nitrogens with zero attached hydrogens (tertiary/aromatic N) is 3. The molecule has 2 heterocycles. The van der Waals surface area contributed by atoms with E-state index in [0.29, 0.717) is 27.3 Å². The molecule has 0 atom stereocenters. The van der Waals surface area contributed by atoms with E-state index in [0.717, 1.165) is 29.3 Å². The minimum absolute atomic E-state index is 0.0275. The summed E-state index contributed by atoms with van der Waals surface area (Å²) in [5.41, 5.74) is 3.60. The molecular weight excluding hydrogens is 458 g/mol. The predicted molar refractivity (Wildman–Crippen MR) is 128 cm³/mol. The zero-order valence-corrected chi connectivity index (χ0v) is 18.7. The molecule has 0 aliphatic carbocycles. The van der Waals surface area contributed by atoms with E-state index in [1.165, 1.54) is 0 Å². The number of carbonyl (C=O) groups excluding carboxylic acids is 1. The maximum Gasteiger partial charge on any atom is 0.244 e. The Balaban J connectivity index is 1.37. The second-order valence-electron chi connectivity index (χ2n) is 7.79. The normalized spacial score (nSPS) is 11.1. The largest absolute Gasteiger partial charge is 0.338 e. The molecule has 1 amide bonds. The number of anilines is 1. The molecule has 5 aromatic rings. The molecule has 5 rings (SSSR count). The van der Waals surface area contributed by atoms with Crippen molar-refractivity contribution >= 4 is 34.8 Å². The highest BCUT2D eigenvalue weighted by Gasteiger charge is 2.14. The number of fused-ring (bicyclic) bond motifs is 1. The van der Waals surface area contributed by atoms with E-state index in [4.69, 9.17) is 12.2 Å². The summed E-state index contributed by atoms with van der Waals surface area (Å²) in [6, 6.07) is 16.0. The van der Waals surface area contributed by atoms with Gasteiger partial charge < -0.3 is 10.3 Å². The molecule has 7 nitrogen and oxygen atoms in total. The summed E-state index contributed by atoms with van der Waals surface area (Å²) in [6.45, 7) is 1.95. The number of halogens is 2. The highest BCUT2D eigenvalue weighted by molar-refractivity contribution is 7.71. The molecular formula is C24H18F2N6OS. The summed E-state index contributed by atoms with van der Waals surface area (Å²) in [4.78, 5) is 20.1. The minimum atomic E-state index is -0.588. The van der Waals surface area contributed by atoms with Crippen molar-refractivity contribution in [3.63, 3.8) is 0 Å². The number of rotatable bonds is 5. The SMILES string of the molecule is Cc1ccc(-c2n[nH]c(=S)n2CC(=O)Nc2ccc3nc(-c4cc(F)ccc4F)[nH]c3c2)cc1. The van der Waals surface area contributed by atoms with E-state index in [1.807, 2.05) is 31.2 Å². The van der Waals surface area contributed by atoms with Gasteiger partial charge in [0.25, 0.3) is 0 Å². The minimum Gasteiger partial charge on any atom is -0.338 e. The number of H-pyrrole nitrogens is 2. The summed E-state index contributed by atoms with van der Waals surface area (Å²) in [7, 11) is 0. The van der Waals surface area contributed by atoms with Gasteiger partial charge in [-0.05, 0) is 55.5 Å². The number of hydrogen-bond acceptors (Lipinski definition) is 4. The third-order valence-electron chi connectivity index (χ3n) is 5.32. The number of aromatic amines is 2. The van der Waals surface area contributed by atoms with Crippen molar-refractivity contribution in [1.29, 1.82) is 0 Å². The van der Waals surface area contributed by atoms with Gasteiger partial charge in [0.1, 0.15) is 24.0 Å². The molecule has 0 saturated heterocycles. The van der Waals surface area contributed by atoms with Crippen molar-refractivity contribution in [2.75, 3.05) is 5.32 Å². The summed E-state index contributed by atoms with van der Waals surface area (Å²) in [6.07, 6.45) is 0. The number of amides is 1. The lowest BCUT2D eigenvalue weighted by molar-refractivity contribution is -0.116. The first-order valence-corrected chi connectivity index (χ1v) is 10.8. The Morgan fingerprint density at radius 3 is 2.68 bits per heavy atom. The Morgan fingerprint density at radius 1 is 1.09 bits per heavy atom. The molecule has 170 valence electrons. The Kier molecular flexibility index (Phi) is 5.50. The van der Waals surface area contributed by atoms with Crippen LogP contribution in [0.15, 0.2) is 60.7 Å². The van der Waals surface area contributed by atoms with Crippen molar-refractivity contribution in [3.8, 4) is 22.8 Å². The van der Waals surface area contributed by atoms with E-state index in [1.54, 1.807) is 22.8 Å². The van der Waals surface area contributed by atoms with Gasteiger partial charge >= 0.3 is 0 Å². The third-order valence-corrected chi connectivity index (χ3v) is 5.63. The summed E-state index contributed by atoms with van der Waals surface area (Å²) in [5.74, 6) is -0.696. The zero-order chi connectivity index (χ0) is 23.8. The van der Waals surface area contributed by atoms with Gasteiger partial charge in [0, 0.05) is 11.3 Å². The first kappa shape index (κ1) is 21.7. The maximum atomic E-state index is 14.1. The van der Waals surface area contributed by atoms with Gasteiger partial charge in [-0.3, -0.25) is 14.5 Å². The molecule has 0 fully saturated rings. The van der Waals surface area contributed by atoms with Crippen LogP contribution in [-0.4, -0.2) is 30.6 Å². The molecule has 0 radical (unpaired) electrons.